The molecule has 0 bridgehead atoms. The zero-order chi connectivity index (χ0) is 10.0. The lowest BCUT2D eigenvalue weighted by molar-refractivity contribution is -0.189. The standard InChI is InChI=1S/C6H6FNO5/c7-13-5(10)3-1-2-4(9)8(3)6(11)12/h3H,1-2H2,(H,11,12). The molecule has 0 aromatic rings. The summed E-state index contributed by atoms with van der Waals surface area (Å²) in [5, 5.41) is 8.47. The highest BCUT2D eigenvalue weighted by atomic mass is 19.3. The van der Waals surface area contributed by atoms with Crippen molar-refractivity contribution in [3.05, 3.63) is 0 Å². The van der Waals surface area contributed by atoms with E-state index in [4.69, 9.17) is 5.11 Å². The van der Waals surface area contributed by atoms with Gasteiger partial charge in [0.25, 0.3) is 0 Å². The van der Waals surface area contributed by atoms with Crippen LogP contribution in [0.5, 0.6) is 0 Å². The van der Waals surface area contributed by atoms with Crippen molar-refractivity contribution in [3.63, 3.8) is 0 Å². The van der Waals surface area contributed by atoms with Crippen LogP contribution in [0, 0.1) is 0 Å². The third-order valence-corrected chi connectivity index (χ3v) is 1.77. The topological polar surface area (TPSA) is 83.9 Å². The number of rotatable bonds is 1. The third-order valence-electron chi connectivity index (χ3n) is 1.77. The van der Waals surface area contributed by atoms with Crippen LogP contribution in [0.25, 0.3) is 0 Å². The second-order valence-electron chi connectivity index (χ2n) is 2.50. The largest absolute Gasteiger partial charge is 0.465 e. The molecule has 7 heteroatoms. The minimum absolute atomic E-state index is 0.0338. The van der Waals surface area contributed by atoms with Crippen LogP contribution in [0.15, 0.2) is 0 Å². The molecule has 72 valence electrons. The monoisotopic (exact) mass is 191 g/mol. The number of nitrogens with zero attached hydrogens (tertiary/aromatic N) is 1. The van der Waals surface area contributed by atoms with Crippen molar-refractivity contribution in [2.75, 3.05) is 0 Å². The Kier molecular flexibility index (Phi) is 2.45. The average Bonchev–Trinajstić information content (AvgIpc) is 2.45. The predicted octanol–water partition coefficient (Wildman–Crippen LogP) is 0.0831. The predicted molar refractivity (Wildman–Crippen MR) is 35.1 cm³/mol. The van der Waals surface area contributed by atoms with E-state index in [1.165, 1.54) is 0 Å². The van der Waals surface area contributed by atoms with Gasteiger partial charge < -0.3 is 5.11 Å². The summed E-state index contributed by atoms with van der Waals surface area (Å²) in [5.74, 6) is -2.07. The number of hydrogen-bond donors (Lipinski definition) is 1. The van der Waals surface area contributed by atoms with Crippen LogP contribution in [0.3, 0.4) is 0 Å². The average molecular weight is 191 g/mol. The molecule has 1 saturated heterocycles. The second kappa shape index (κ2) is 3.38. The SMILES string of the molecule is O=C(OF)C1CCC(=O)N1C(=O)O. The Morgan fingerprint density at radius 1 is 1.62 bits per heavy atom. The number of carboxylic acid groups (broad SMARTS) is 1. The van der Waals surface area contributed by atoms with Gasteiger partial charge in [-0.3, -0.25) is 9.74 Å². The van der Waals surface area contributed by atoms with Crippen molar-refractivity contribution >= 4 is 18.0 Å². The molecule has 1 rings (SSSR count). The maximum atomic E-state index is 11.4. The van der Waals surface area contributed by atoms with E-state index in [0.717, 1.165) is 0 Å². The molecule has 0 radical (unpaired) electrons. The smallest absolute Gasteiger partial charge is 0.414 e. The second-order valence-corrected chi connectivity index (χ2v) is 2.50. The lowest BCUT2D eigenvalue weighted by Gasteiger charge is -2.14. The summed E-state index contributed by atoms with van der Waals surface area (Å²) < 4.78 is 11.4. The summed E-state index contributed by atoms with van der Waals surface area (Å²) in [4.78, 5) is 35.0. The lowest BCUT2D eigenvalue weighted by atomic mass is 10.2. The zero-order valence-electron chi connectivity index (χ0n) is 6.40. The molecule has 1 aliphatic rings. The molecule has 6 nitrogen and oxygen atoms in total. The first-order valence-electron chi connectivity index (χ1n) is 3.45. The Hall–Kier alpha value is -1.66. The van der Waals surface area contributed by atoms with Gasteiger partial charge in [0.05, 0.1) is 0 Å². The summed E-state index contributed by atoms with van der Waals surface area (Å²) in [5.41, 5.74) is 0. The molecule has 0 aliphatic carbocycles. The van der Waals surface area contributed by atoms with E-state index in [9.17, 15) is 18.9 Å². The van der Waals surface area contributed by atoms with Gasteiger partial charge in [-0.25, -0.2) is 14.5 Å². The Balaban J connectivity index is 2.81. The van der Waals surface area contributed by atoms with Gasteiger partial charge in [-0.15, -0.1) is 0 Å². The Morgan fingerprint density at radius 3 is 2.69 bits per heavy atom. The molecule has 1 fully saturated rings. The molecule has 1 N–H and O–H groups in total. The van der Waals surface area contributed by atoms with Crippen LogP contribution >= 0.6 is 0 Å². The maximum Gasteiger partial charge on any atom is 0.414 e. The van der Waals surface area contributed by atoms with Gasteiger partial charge in [0, 0.05) is 10.9 Å². The van der Waals surface area contributed by atoms with Gasteiger partial charge in [0.2, 0.25) is 5.91 Å². The highest BCUT2D eigenvalue weighted by molar-refractivity contribution is 5.98. The van der Waals surface area contributed by atoms with Crippen LogP contribution in [-0.4, -0.2) is 34.0 Å². The Morgan fingerprint density at radius 2 is 2.23 bits per heavy atom. The van der Waals surface area contributed by atoms with E-state index in [1.807, 2.05) is 0 Å². The van der Waals surface area contributed by atoms with Gasteiger partial charge in [0.1, 0.15) is 6.04 Å². The fraction of sp³-hybridized carbons (Fsp3) is 0.500. The molecule has 1 heterocycles. The van der Waals surface area contributed by atoms with Crippen molar-refractivity contribution in [2.24, 2.45) is 0 Å². The highest BCUT2D eigenvalue weighted by Crippen LogP contribution is 2.19. The van der Waals surface area contributed by atoms with Crippen molar-refractivity contribution in [3.8, 4) is 0 Å². The van der Waals surface area contributed by atoms with E-state index >= 15 is 0 Å². The first-order chi connectivity index (χ1) is 6.07. The number of imide groups is 1. The van der Waals surface area contributed by atoms with Crippen molar-refractivity contribution < 1.29 is 29.0 Å². The summed E-state index contributed by atoms with van der Waals surface area (Å²) in [6.45, 7) is 0. The van der Waals surface area contributed by atoms with E-state index in [0.29, 0.717) is 0 Å². The quantitative estimate of drug-likeness (QED) is 0.634. The molecule has 13 heavy (non-hydrogen) atoms. The van der Waals surface area contributed by atoms with Gasteiger partial charge in [-0.05, 0) is 6.42 Å². The number of hydrogen-bond acceptors (Lipinski definition) is 4. The van der Waals surface area contributed by atoms with Gasteiger partial charge >= 0.3 is 12.1 Å². The van der Waals surface area contributed by atoms with E-state index in [1.54, 1.807) is 0 Å². The van der Waals surface area contributed by atoms with Crippen LogP contribution < -0.4 is 0 Å². The van der Waals surface area contributed by atoms with Crippen LogP contribution in [-0.2, 0) is 14.5 Å². The van der Waals surface area contributed by atoms with E-state index in [2.05, 4.69) is 4.94 Å². The van der Waals surface area contributed by atoms with Crippen LogP contribution in [0.4, 0.5) is 9.32 Å². The molecule has 0 aromatic carbocycles. The van der Waals surface area contributed by atoms with Crippen molar-refractivity contribution in [1.29, 1.82) is 0 Å². The molecular formula is C6H6FNO5. The van der Waals surface area contributed by atoms with E-state index < -0.39 is 24.0 Å². The fourth-order valence-corrected chi connectivity index (χ4v) is 1.20. The Labute approximate surface area is 71.8 Å². The number of amides is 2. The number of halogens is 1. The molecule has 0 spiro atoms. The van der Waals surface area contributed by atoms with Gasteiger partial charge in [-0.2, -0.15) is 0 Å². The molecule has 1 atom stereocenters. The van der Waals surface area contributed by atoms with Crippen molar-refractivity contribution in [2.45, 2.75) is 18.9 Å². The summed E-state index contributed by atoms with van der Waals surface area (Å²) >= 11 is 0. The van der Waals surface area contributed by atoms with Crippen LogP contribution in [0.1, 0.15) is 12.8 Å². The zero-order valence-corrected chi connectivity index (χ0v) is 6.40. The number of likely N-dealkylation sites (tertiary alicyclic amines) is 1. The first-order valence-corrected chi connectivity index (χ1v) is 3.45. The highest BCUT2D eigenvalue weighted by Gasteiger charge is 2.41. The molecular weight excluding hydrogens is 185 g/mol. The summed E-state index contributed by atoms with van der Waals surface area (Å²) in [7, 11) is 0. The number of carbonyl (C=O) groups excluding carboxylic acids is 2. The molecule has 0 aromatic heterocycles. The van der Waals surface area contributed by atoms with Crippen LogP contribution in [0.2, 0.25) is 0 Å². The normalized spacial score (nSPS) is 21.8. The fourth-order valence-electron chi connectivity index (χ4n) is 1.20. The lowest BCUT2D eigenvalue weighted by Crippen LogP contribution is -2.42. The molecule has 1 unspecified atom stereocenters. The minimum atomic E-state index is -1.57. The van der Waals surface area contributed by atoms with Gasteiger partial charge in [0.15, 0.2) is 0 Å². The number of carbonyl (C=O) groups is 3. The maximum absolute atomic E-state index is 11.4. The summed E-state index contributed by atoms with van der Waals surface area (Å²) in [6.07, 6.45) is -1.70. The Bertz CT molecular complexity index is 266. The molecule has 2 amide bonds. The van der Waals surface area contributed by atoms with Crippen molar-refractivity contribution in [1.82, 2.24) is 4.90 Å². The summed E-state index contributed by atoms with van der Waals surface area (Å²) in [6, 6.07) is -1.34. The molecule has 1 aliphatic heterocycles. The van der Waals surface area contributed by atoms with Gasteiger partial charge in [-0.1, -0.05) is 0 Å². The first kappa shape index (κ1) is 9.43. The molecule has 0 saturated carbocycles. The minimum Gasteiger partial charge on any atom is -0.465 e. The third kappa shape index (κ3) is 1.58. The van der Waals surface area contributed by atoms with E-state index in [-0.39, 0.29) is 17.7 Å².